The fraction of sp³-hybridized carbons (Fsp3) is 0.902. The number of ether oxygens (including phenoxy) is 3. The lowest BCUT2D eigenvalue weighted by Crippen LogP contribution is -2.30. The molecule has 0 amide bonds. The Morgan fingerprint density at radius 1 is 0.333 bits per heavy atom. The zero-order valence-corrected chi connectivity index (χ0v) is 38.4. The van der Waals surface area contributed by atoms with Gasteiger partial charge < -0.3 is 14.2 Å². The van der Waals surface area contributed by atoms with Crippen LogP contribution in [0.2, 0.25) is 0 Å². The van der Waals surface area contributed by atoms with Crippen molar-refractivity contribution in [2.24, 2.45) is 0 Å². The Labute approximate surface area is 354 Å². The highest BCUT2D eigenvalue weighted by atomic mass is 16.6. The van der Waals surface area contributed by atoms with Gasteiger partial charge in [0, 0.05) is 19.3 Å². The molecule has 1 atom stereocenters. The molecule has 336 valence electrons. The van der Waals surface area contributed by atoms with Crippen molar-refractivity contribution in [2.45, 2.75) is 284 Å². The lowest BCUT2D eigenvalue weighted by Gasteiger charge is -2.18. The number of unbranched alkanes of at least 4 members (excludes halogenated alkanes) is 33. The zero-order valence-electron chi connectivity index (χ0n) is 38.4. The van der Waals surface area contributed by atoms with Crippen LogP contribution < -0.4 is 0 Å². The summed E-state index contributed by atoms with van der Waals surface area (Å²) in [6.07, 6.45) is 50.4. The fourth-order valence-corrected chi connectivity index (χ4v) is 7.44. The highest BCUT2D eigenvalue weighted by molar-refractivity contribution is 5.71. The van der Waals surface area contributed by atoms with E-state index in [0.29, 0.717) is 19.3 Å². The van der Waals surface area contributed by atoms with Gasteiger partial charge in [-0.1, -0.05) is 226 Å². The van der Waals surface area contributed by atoms with E-state index in [-0.39, 0.29) is 31.1 Å². The van der Waals surface area contributed by atoms with Crippen LogP contribution in [-0.2, 0) is 28.6 Å². The molecule has 0 fully saturated rings. The molecule has 0 radical (unpaired) electrons. The van der Waals surface area contributed by atoms with E-state index in [1.807, 2.05) is 0 Å². The molecule has 0 bridgehead atoms. The van der Waals surface area contributed by atoms with Gasteiger partial charge in [0.15, 0.2) is 6.10 Å². The van der Waals surface area contributed by atoms with Gasteiger partial charge in [-0.15, -0.1) is 0 Å². The molecule has 0 aromatic heterocycles. The number of hydrogen-bond donors (Lipinski definition) is 0. The summed E-state index contributed by atoms with van der Waals surface area (Å²) in [5.74, 6) is -0.857. The predicted octanol–water partition coefficient (Wildman–Crippen LogP) is 16.2. The second kappa shape index (κ2) is 46.8. The predicted molar refractivity (Wildman–Crippen MR) is 243 cm³/mol. The van der Waals surface area contributed by atoms with Crippen LogP contribution in [0.5, 0.6) is 0 Å². The van der Waals surface area contributed by atoms with Gasteiger partial charge >= 0.3 is 17.9 Å². The van der Waals surface area contributed by atoms with Crippen LogP contribution in [-0.4, -0.2) is 37.2 Å². The summed E-state index contributed by atoms with van der Waals surface area (Å²) in [6.45, 7) is 6.64. The number of carbonyl (C=O) groups excluding carboxylic acids is 3. The van der Waals surface area contributed by atoms with Gasteiger partial charge in [-0.25, -0.2) is 0 Å². The van der Waals surface area contributed by atoms with Crippen LogP contribution in [0, 0.1) is 0 Å². The summed E-state index contributed by atoms with van der Waals surface area (Å²) in [4.78, 5) is 37.9. The van der Waals surface area contributed by atoms with E-state index >= 15 is 0 Å². The van der Waals surface area contributed by atoms with Gasteiger partial charge in [0.25, 0.3) is 0 Å². The summed E-state index contributed by atoms with van der Waals surface area (Å²) < 4.78 is 16.8. The van der Waals surface area contributed by atoms with Gasteiger partial charge in [0.2, 0.25) is 0 Å². The Bertz CT molecular complexity index is 885. The Morgan fingerprint density at radius 2 is 0.579 bits per heavy atom. The van der Waals surface area contributed by atoms with Crippen molar-refractivity contribution in [3.63, 3.8) is 0 Å². The van der Waals surface area contributed by atoms with Gasteiger partial charge in [-0.05, 0) is 44.9 Å². The third kappa shape index (κ3) is 45.1. The first kappa shape index (κ1) is 55.2. The van der Waals surface area contributed by atoms with E-state index in [1.54, 1.807) is 0 Å². The Morgan fingerprint density at radius 3 is 0.895 bits per heavy atom. The Kier molecular flexibility index (Phi) is 45.3. The lowest BCUT2D eigenvalue weighted by atomic mass is 10.0. The average molecular weight is 805 g/mol. The lowest BCUT2D eigenvalue weighted by molar-refractivity contribution is -0.167. The standard InChI is InChI=1S/C51H96O6/c1-4-7-10-13-16-19-22-25-26-27-30-32-35-38-41-44-50(53)56-47-48(57-51(54)45-42-39-36-33-29-24-21-18-15-12-9-6-3)46-55-49(52)43-40-37-34-31-28-23-20-17-14-11-8-5-2/h19,22,48H,4-18,20-21,23-47H2,1-3H3/b22-19-. The van der Waals surface area contributed by atoms with Crippen LogP contribution in [0.4, 0.5) is 0 Å². The van der Waals surface area contributed by atoms with E-state index < -0.39 is 6.10 Å². The normalized spacial score (nSPS) is 12.0. The topological polar surface area (TPSA) is 78.9 Å². The first-order chi connectivity index (χ1) is 28.0. The Balaban J connectivity index is 4.32. The molecule has 6 heteroatoms. The molecule has 0 aliphatic heterocycles. The summed E-state index contributed by atoms with van der Waals surface area (Å²) in [5.41, 5.74) is 0. The molecule has 0 heterocycles. The van der Waals surface area contributed by atoms with Crippen LogP contribution in [0.3, 0.4) is 0 Å². The third-order valence-electron chi connectivity index (χ3n) is 11.3. The van der Waals surface area contributed by atoms with E-state index in [4.69, 9.17) is 14.2 Å². The molecule has 57 heavy (non-hydrogen) atoms. The molecule has 0 saturated heterocycles. The van der Waals surface area contributed by atoms with Crippen LogP contribution >= 0.6 is 0 Å². The average Bonchev–Trinajstić information content (AvgIpc) is 3.21. The smallest absolute Gasteiger partial charge is 0.306 e. The van der Waals surface area contributed by atoms with Gasteiger partial charge in [-0.2, -0.15) is 0 Å². The molecule has 0 aromatic rings. The maximum absolute atomic E-state index is 12.7. The number of carbonyl (C=O) groups is 3. The molecule has 0 spiro atoms. The van der Waals surface area contributed by atoms with E-state index in [1.165, 1.54) is 180 Å². The molecule has 1 unspecified atom stereocenters. The number of allylic oxidation sites excluding steroid dienone is 2. The molecular weight excluding hydrogens is 709 g/mol. The second-order valence-electron chi connectivity index (χ2n) is 17.1. The highest BCUT2D eigenvalue weighted by Crippen LogP contribution is 2.16. The Hall–Kier alpha value is -1.85. The second-order valence-corrected chi connectivity index (χ2v) is 17.1. The van der Waals surface area contributed by atoms with Crippen molar-refractivity contribution in [2.75, 3.05) is 13.2 Å². The highest BCUT2D eigenvalue weighted by Gasteiger charge is 2.19. The number of hydrogen-bond acceptors (Lipinski definition) is 6. The van der Waals surface area contributed by atoms with Crippen molar-refractivity contribution < 1.29 is 28.6 Å². The molecule has 6 nitrogen and oxygen atoms in total. The number of rotatable bonds is 46. The van der Waals surface area contributed by atoms with E-state index in [9.17, 15) is 14.4 Å². The van der Waals surface area contributed by atoms with Crippen molar-refractivity contribution in [1.29, 1.82) is 0 Å². The maximum Gasteiger partial charge on any atom is 0.306 e. The van der Waals surface area contributed by atoms with Crippen LogP contribution in [0.1, 0.15) is 278 Å². The van der Waals surface area contributed by atoms with E-state index in [2.05, 4.69) is 32.9 Å². The van der Waals surface area contributed by atoms with Crippen LogP contribution in [0.25, 0.3) is 0 Å². The molecule has 0 N–H and O–H groups in total. The molecule has 0 aromatic carbocycles. The summed E-state index contributed by atoms with van der Waals surface area (Å²) in [7, 11) is 0. The van der Waals surface area contributed by atoms with Crippen molar-refractivity contribution in [1.82, 2.24) is 0 Å². The monoisotopic (exact) mass is 805 g/mol. The van der Waals surface area contributed by atoms with Crippen molar-refractivity contribution in [3.05, 3.63) is 12.2 Å². The quantitative estimate of drug-likeness (QED) is 0.0264. The molecule has 0 aliphatic carbocycles. The molecule has 0 saturated carbocycles. The fourth-order valence-electron chi connectivity index (χ4n) is 7.44. The summed E-state index contributed by atoms with van der Waals surface area (Å²) >= 11 is 0. The van der Waals surface area contributed by atoms with Gasteiger partial charge in [-0.3, -0.25) is 14.4 Å². The first-order valence-electron chi connectivity index (χ1n) is 25.2. The number of esters is 3. The molecule has 0 rings (SSSR count). The zero-order chi connectivity index (χ0) is 41.5. The van der Waals surface area contributed by atoms with Crippen LogP contribution in [0.15, 0.2) is 12.2 Å². The minimum Gasteiger partial charge on any atom is -0.462 e. The minimum atomic E-state index is -0.763. The van der Waals surface area contributed by atoms with E-state index in [0.717, 1.165) is 57.8 Å². The SMILES string of the molecule is CCCCCC/C=C\CCCCCCCCCC(=O)OCC(COC(=O)CCCCCCCCCCCCCC)OC(=O)CCCCCCCCCCCCCC. The molecular formula is C51H96O6. The minimum absolute atomic E-state index is 0.0662. The van der Waals surface area contributed by atoms with Gasteiger partial charge in [0.05, 0.1) is 0 Å². The maximum atomic E-state index is 12.7. The summed E-state index contributed by atoms with van der Waals surface area (Å²) in [5, 5.41) is 0. The van der Waals surface area contributed by atoms with Gasteiger partial charge in [0.1, 0.15) is 13.2 Å². The van der Waals surface area contributed by atoms with Crippen molar-refractivity contribution >= 4 is 17.9 Å². The first-order valence-corrected chi connectivity index (χ1v) is 25.2. The largest absolute Gasteiger partial charge is 0.462 e. The van der Waals surface area contributed by atoms with Crippen molar-refractivity contribution in [3.8, 4) is 0 Å². The summed E-state index contributed by atoms with van der Waals surface area (Å²) in [6, 6.07) is 0. The molecule has 0 aliphatic rings. The third-order valence-corrected chi connectivity index (χ3v) is 11.3.